The van der Waals surface area contributed by atoms with Crippen LogP contribution in [0.3, 0.4) is 0 Å². The maximum Gasteiger partial charge on any atom is 0.313 e. The molecule has 2 bridgehead atoms. The lowest BCUT2D eigenvalue weighted by molar-refractivity contribution is -0.158. The number of aliphatic hydroxyl groups excluding tert-OH is 1. The second-order valence-electron chi connectivity index (χ2n) is 10.9. The summed E-state index contributed by atoms with van der Waals surface area (Å²) in [6.07, 6.45) is 6.21. The number of amides is 2. The van der Waals surface area contributed by atoms with Crippen molar-refractivity contribution in [3.05, 3.63) is 54.6 Å². The molecule has 0 aliphatic carbocycles. The van der Waals surface area contributed by atoms with Crippen molar-refractivity contribution in [2.75, 3.05) is 31.2 Å². The summed E-state index contributed by atoms with van der Waals surface area (Å²) in [5, 5.41) is 9.24. The highest BCUT2D eigenvalue weighted by Crippen LogP contribution is 2.63. The summed E-state index contributed by atoms with van der Waals surface area (Å²) < 4.78 is 12.1. The van der Waals surface area contributed by atoms with E-state index in [1.54, 1.807) is 15.9 Å². The fraction of sp³-hybridized carbons (Fsp3) is 0.567. The molecule has 38 heavy (non-hydrogen) atoms. The molecule has 3 aliphatic heterocycles. The molecule has 0 radical (unpaired) electrons. The van der Waals surface area contributed by atoms with Crippen molar-refractivity contribution in [1.82, 2.24) is 4.90 Å². The second-order valence-corrected chi connectivity index (χ2v) is 10.9. The zero-order chi connectivity index (χ0) is 27.7. The van der Waals surface area contributed by atoms with Gasteiger partial charge in [0.05, 0.1) is 11.5 Å². The zero-order valence-corrected chi connectivity index (χ0v) is 22.8. The fourth-order valence-corrected chi connectivity index (χ4v) is 6.90. The third-order valence-corrected chi connectivity index (χ3v) is 8.45. The molecule has 1 spiro atoms. The Balaban J connectivity index is 1.78. The first-order valence-corrected chi connectivity index (χ1v) is 13.5. The molecule has 3 aliphatic rings. The highest BCUT2D eigenvalue weighted by Gasteiger charge is 2.78. The predicted octanol–water partition coefficient (Wildman–Crippen LogP) is 3.48. The maximum absolute atomic E-state index is 14.6. The monoisotopic (exact) mass is 524 g/mol. The molecular formula is C30H40N2O6. The van der Waals surface area contributed by atoms with Crippen molar-refractivity contribution in [1.29, 1.82) is 0 Å². The summed E-state index contributed by atoms with van der Waals surface area (Å²) in [5.41, 5.74) is 0.686. The van der Waals surface area contributed by atoms with Crippen molar-refractivity contribution in [3.8, 4) is 0 Å². The van der Waals surface area contributed by atoms with Gasteiger partial charge in [-0.1, -0.05) is 36.9 Å². The summed E-state index contributed by atoms with van der Waals surface area (Å²) in [6.45, 7) is 14.0. The number of esters is 1. The number of para-hydroxylation sites is 1. The van der Waals surface area contributed by atoms with E-state index in [4.69, 9.17) is 9.47 Å². The number of carbonyl (C=O) groups excluding carboxylic acids is 3. The molecule has 3 heterocycles. The lowest BCUT2D eigenvalue weighted by atomic mass is 9.66. The van der Waals surface area contributed by atoms with E-state index in [1.807, 2.05) is 39.0 Å². The van der Waals surface area contributed by atoms with Crippen LogP contribution >= 0.6 is 0 Å². The first kappa shape index (κ1) is 28.0. The molecule has 2 unspecified atom stereocenters. The van der Waals surface area contributed by atoms with Crippen LogP contribution in [0.4, 0.5) is 5.69 Å². The standard InChI is InChI=1S/C30H40N2O6/c1-6-16-31(24-20(3)12-11-13-21(24)4)27(35)25-30-15-14-29(5,38-30)23(28(36)37-19-7-2)22(30)26(34)32(25)17-9-8-10-18-33/h6-7,11-13,22-23,25,33H,1-2,8-10,14-19H2,3-5H3/t22-,23-,25?,29+,30?/m0/s1. The third-order valence-electron chi connectivity index (χ3n) is 8.45. The van der Waals surface area contributed by atoms with Crippen LogP contribution in [0.5, 0.6) is 0 Å². The molecule has 1 aromatic carbocycles. The van der Waals surface area contributed by atoms with Gasteiger partial charge in [-0.3, -0.25) is 14.4 Å². The van der Waals surface area contributed by atoms with Crippen LogP contribution in [0.2, 0.25) is 0 Å². The minimum absolute atomic E-state index is 0.0478. The highest BCUT2D eigenvalue weighted by atomic mass is 16.6. The molecule has 1 N–H and O–H groups in total. The molecule has 5 atom stereocenters. The molecule has 2 amide bonds. The van der Waals surface area contributed by atoms with Gasteiger partial charge in [0.1, 0.15) is 24.2 Å². The number of ether oxygens (including phenoxy) is 2. The van der Waals surface area contributed by atoms with Gasteiger partial charge in [0, 0.05) is 25.4 Å². The molecule has 1 aromatic rings. The minimum Gasteiger partial charge on any atom is -0.461 e. The number of hydrogen-bond donors (Lipinski definition) is 1. The number of rotatable bonds is 12. The van der Waals surface area contributed by atoms with Gasteiger partial charge in [0.25, 0.3) is 5.91 Å². The van der Waals surface area contributed by atoms with E-state index < -0.39 is 35.0 Å². The quantitative estimate of drug-likeness (QED) is 0.256. The molecule has 8 heteroatoms. The first-order chi connectivity index (χ1) is 18.2. The van der Waals surface area contributed by atoms with E-state index in [0.717, 1.165) is 23.2 Å². The van der Waals surface area contributed by atoms with E-state index in [2.05, 4.69) is 13.2 Å². The largest absolute Gasteiger partial charge is 0.461 e. The van der Waals surface area contributed by atoms with Gasteiger partial charge in [0.15, 0.2) is 0 Å². The average molecular weight is 525 g/mol. The summed E-state index contributed by atoms with van der Waals surface area (Å²) in [7, 11) is 0. The Bertz CT molecular complexity index is 1100. The Morgan fingerprint density at radius 1 is 1.18 bits per heavy atom. The van der Waals surface area contributed by atoms with Crippen molar-refractivity contribution >= 4 is 23.5 Å². The van der Waals surface area contributed by atoms with Crippen LogP contribution in [-0.4, -0.2) is 71.3 Å². The first-order valence-electron chi connectivity index (χ1n) is 13.5. The lowest BCUT2D eigenvalue weighted by Gasteiger charge is -2.37. The van der Waals surface area contributed by atoms with Gasteiger partial charge in [-0.2, -0.15) is 0 Å². The molecule has 0 saturated carbocycles. The number of anilines is 1. The van der Waals surface area contributed by atoms with E-state index in [0.29, 0.717) is 32.2 Å². The van der Waals surface area contributed by atoms with Crippen molar-refractivity contribution in [2.24, 2.45) is 11.8 Å². The predicted molar refractivity (Wildman–Crippen MR) is 144 cm³/mol. The highest BCUT2D eigenvalue weighted by molar-refractivity contribution is 6.05. The minimum atomic E-state index is -1.12. The number of hydrogen-bond acceptors (Lipinski definition) is 6. The van der Waals surface area contributed by atoms with E-state index in [9.17, 15) is 19.5 Å². The van der Waals surface area contributed by atoms with Crippen LogP contribution in [-0.2, 0) is 23.9 Å². The summed E-state index contributed by atoms with van der Waals surface area (Å²) in [6, 6.07) is 4.99. The van der Waals surface area contributed by atoms with Crippen molar-refractivity contribution in [2.45, 2.75) is 70.1 Å². The molecule has 0 aromatic heterocycles. The van der Waals surface area contributed by atoms with Crippen LogP contribution in [0, 0.1) is 25.7 Å². The second kappa shape index (κ2) is 11.0. The maximum atomic E-state index is 14.6. The van der Waals surface area contributed by atoms with Crippen LogP contribution in [0.1, 0.15) is 50.2 Å². The third kappa shape index (κ3) is 4.47. The number of fused-ring (bicyclic) bond motifs is 1. The van der Waals surface area contributed by atoms with Gasteiger partial charge in [-0.15, -0.1) is 6.58 Å². The number of aliphatic hydroxyl groups is 1. The Hall–Kier alpha value is -2.97. The Morgan fingerprint density at radius 3 is 2.53 bits per heavy atom. The van der Waals surface area contributed by atoms with Crippen LogP contribution in [0.25, 0.3) is 0 Å². The molecule has 206 valence electrons. The van der Waals surface area contributed by atoms with Gasteiger partial charge in [-0.05, 0) is 64.0 Å². The summed E-state index contributed by atoms with van der Waals surface area (Å²) >= 11 is 0. The van der Waals surface area contributed by atoms with Gasteiger partial charge < -0.3 is 24.4 Å². The molecule has 3 saturated heterocycles. The molecule has 3 fully saturated rings. The summed E-state index contributed by atoms with van der Waals surface area (Å²) in [4.78, 5) is 45.3. The number of benzene rings is 1. The number of nitrogens with zero attached hydrogens (tertiary/aromatic N) is 2. The SMILES string of the molecule is C=CCOC(=O)[C@@H]1[C@H]2C(=O)N(CCCCCO)C(C(=O)N(CC=C)c3c(C)cccc3C)C23CC[C@@]1(C)O3. The lowest BCUT2D eigenvalue weighted by Crippen LogP contribution is -2.56. The average Bonchev–Trinajstić information content (AvgIpc) is 3.45. The van der Waals surface area contributed by atoms with E-state index >= 15 is 0 Å². The Labute approximate surface area is 225 Å². The molecular weight excluding hydrogens is 484 g/mol. The van der Waals surface area contributed by atoms with Gasteiger partial charge in [-0.25, -0.2) is 0 Å². The van der Waals surface area contributed by atoms with E-state index in [1.165, 1.54) is 6.08 Å². The summed E-state index contributed by atoms with van der Waals surface area (Å²) in [5.74, 6) is -2.55. The van der Waals surface area contributed by atoms with E-state index in [-0.39, 0.29) is 31.6 Å². The topological polar surface area (TPSA) is 96.4 Å². The smallest absolute Gasteiger partial charge is 0.313 e. The Kier molecular flexibility index (Phi) is 8.14. The zero-order valence-electron chi connectivity index (χ0n) is 22.8. The van der Waals surface area contributed by atoms with Crippen LogP contribution in [0.15, 0.2) is 43.5 Å². The van der Waals surface area contributed by atoms with Gasteiger partial charge in [0.2, 0.25) is 5.91 Å². The number of carbonyl (C=O) groups is 3. The van der Waals surface area contributed by atoms with Gasteiger partial charge >= 0.3 is 5.97 Å². The number of unbranched alkanes of at least 4 members (excludes halogenated alkanes) is 2. The number of likely N-dealkylation sites (tertiary alicyclic amines) is 1. The van der Waals surface area contributed by atoms with Crippen LogP contribution < -0.4 is 4.90 Å². The van der Waals surface area contributed by atoms with Crippen molar-refractivity contribution in [3.63, 3.8) is 0 Å². The molecule has 8 nitrogen and oxygen atoms in total. The number of aryl methyl sites for hydroxylation is 2. The van der Waals surface area contributed by atoms with Crippen molar-refractivity contribution < 1.29 is 29.0 Å². The normalized spacial score (nSPS) is 29.3. The fourth-order valence-electron chi connectivity index (χ4n) is 6.90. The molecule has 4 rings (SSSR count). The Morgan fingerprint density at radius 2 is 1.89 bits per heavy atom.